The van der Waals surface area contributed by atoms with Gasteiger partial charge in [0.2, 0.25) is 5.91 Å². The predicted molar refractivity (Wildman–Crippen MR) is 89.1 cm³/mol. The molecule has 3 nitrogen and oxygen atoms in total. The van der Waals surface area contributed by atoms with E-state index in [-0.39, 0.29) is 28.7 Å². The van der Waals surface area contributed by atoms with E-state index in [2.05, 4.69) is 40.7 Å². The maximum absolute atomic E-state index is 12.6. The number of piperidine rings is 1. The molecule has 2 bridgehead atoms. The fraction of sp³-hybridized carbons (Fsp3) is 0.684. The first-order chi connectivity index (χ1) is 10.1. The molecule has 0 aromatic rings. The number of imide groups is 1. The summed E-state index contributed by atoms with van der Waals surface area (Å²) in [7, 11) is 0. The molecule has 0 aromatic heterocycles. The summed E-state index contributed by atoms with van der Waals surface area (Å²) in [6.45, 7) is 12.5. The highest BCUT2D eigenvalue weighted by Crippen LogP contribution is 2.59. The smallest absolute Gasteiger partial charge is 0.253 e. The molecule has 22 heavy (non-hydrogen) atoms. The molecule has 122 valence electrons. The lowest BCUT2D eigenvalue weighted by molar-refractivity contribution is -0.147. The van der Waals surface area contributed by atoms with Gasteiger partial charge in [0.1, 0.15) is 0 Å². The van der Waals surface area contributed by atoms with Crippen LogP contribution in [0.2, 0.25) is 0 Å². The van der Waals surface area contributed by atoms with Crippen LogP contribution in [0.15, 0.2) is 23.8 Å². The molecule has 0 radical (unpaired) electrons. The first-order valence-electron chi connectivity index (χ1n) is 8.33. The van der Waals surface area contributed by atoms with Gasteiger partial charge in [-0.05, 0) is 57.4 Å². The van der Waals surface area contributed by atoms with Crippen molar-refractivity contribution in [1.82, 2.24) is 4.90 Å². The topological polar surface area (TPSA) is 37.4 Å². The quantitative estimate of drug-likeness (QED) is 0.579. The number of hydrogen-bond acceptors (Lipinski definition) is 2. The summed E-state index contributed by atoms with van der Waals surface area (Å²) in [5, 5.41) is 0. The summed E-state index contributed by atoms with van der Waals surface area (Å²) in [5.74, 6) is 0.173. The summed E-state index contributed by atoms with van der Waals surface area (Å²) in [6, 6.07) is 0. The minimum atomic E-state index is -0.335. The van der Waals surface area contributed by atoms with Crippen molar-refractivity contribution in [3.8, 4) is 0 Å². The van der Waals surface area contributed by atoms with Gasteiger partial charge in [0.05, 0.1) is 5.54 Å². The van der Waals surface area contributed by atoms with Crippen LogP contribution in [0.3, 0.4) is 0 Å². The Bertz CT molecular complexity index is 544. The molecule has 1 saturated heterocycles. The van der Waals surface area contributed by atoms with Gasteiger partial charge in [0.15, 0.2) is 0 Å². The fourth-order valence-electron chi connectivity index (χ4n) is 4.08. The van der Waals surface area contributed by atoms with Crippen LogP contribution in [0.1, 0.15) is 60.8 Å². The monoisotopic (exact) mass is 303 g/mol. The van der Waals surface area contributed by atoms with Gasteiger partial charge in [-0.1, -0.05) is 38.5 Å². The van der Waals surface area contributed by atoms with E-state index in [0.29, 0.717) is 5.92 Å². The van der Waals surface area contributed by atoms with Gasteiger partial charge in [0, 0.05) is 5.92 Å². The van der Waals surface area contributed by atoms with E-state index in [1.165, 1.54) is 10.5 Å². The van der Waals surface area contributed by atoms with Crippen molar-refractivity contribution < 1.29 is 9.59 Å². The van der Waals surface area contributed by atoms with E-state index < -0.39 is 0 Å². The molecule has 1 aliphatic carbocycles. The number of likely N-dealkylation sites (tertiary alicyclic amines) is 1. The number of fused-ring (bicyclic) bond motifs is 2. The summed E-state index contributed by atoms with van der Waals surface area (Å²) in [5.41, 5.74) is 0.855. The van der Waals surface area contributed by atoms with Crippen LogP contribution in [0, 0.1) is 17.3 Å². The number of amides is 2. The highest BCUT2D eigenvalue weighted by Gasteiger charge is 2.66. The molecule has 0 N–H and O–H groups in total. The van der Waals surface area contributed by atoms with Gasteiger partial charge >= 0.3 is 0 Å². The van der Waals surface area contributed by atoms with E-state index in [1.54, 1.807) is 6.08 Å². The van der Waals surface area contributed by atoms with Crippen LogP contribution in [0.5, 0.6) is 0 Å². The molecule has 3 atom stereocenters. The number of nitrogens with zero attached hydrogens (tertiary/aromatic N) is 1. The average Bonchev–Trinajstić information content (AvgIpc) is 2.75. The highest BCUT2D eigenvalue weighted by molar-refractivity contribution is 6.05. The van der Waals surface area contributed by atoms with Crippen LogP contribution < -0.4 is 0 Å². The molecule has 2 rings (SSSR count). The molecule has 0 spiro atoms. The second-order valence-corrected chi connectivity index (χ2v) is 7.77. The van der Waals surface area contributed by atoms with Crippen molar-refractivity contribution >= 4 is 11.8 Å². The second-order valence-electron chi connectivity index (χ2n) is 7.77. The van der Waals surface area contributed by atoms with Crippen molar-refractivity contribution in [1.29, 1.82) is 0 Å². The molecule has 0 aromatic carbocycles. The maximum Gasteiger partial charge on any atom is 0.253 e. The van der Waals surface area contributed by atoms with Crippen LogP contribution in [-0.2, 0) is 9.59 Å². The fourth-order valence-corrected chi connectivity index (χ4v) is 4.08. The standard InChI is InChI=1S/C19H29NO2/c1-7-13(2)12-14(3)8-9-16(21)20-17(22)15-10-11-19(20,6)18(15,4)5/h7-9,14-15H,10-12H2,1-6H3/b9-8+,13-7+/t14-,15?,19?/m1/s1. The third-order valence-corrected chi connectivity index (χ3v) is 6.12. The Balaban J connectivity index is 2.13. The second kappa shape index (κ2) is 5.68. The van der Waals surface area contributed by atoms with E-state index in [9.17, 15) is 9.59 Å². The zero-order valence-corrected chi connectivity index (χ0v) is 14.8. The Morgan fingerprint density at radius 1 is 1.41 bits per heavy atom. The van der Waals surface area contributed by atoms with Crippen molar-refractivity contribution in [3.63, 3.8) is 0 Å². The SMILES string of the molecule is C/C=C(\C)C[C@H](C)/C=C/C(=O)N1C(=O)C2CCC1(C)C2(C)C. The first kappa shape index (κ1) is 17.0. The minimum Gasteiger partial charge on any atom is -0.274 e. The Hall–Kier alpha value is -1.38. The number of allylic oxidation sites excluding steroid dienone is 3. The van der Waals surface area contributed by atoms with Gasteiger partial charge in [-0.15, -0.1) is 0 Å². The minimum absolute atomic E-state index is 0.00228. The number of carbonyl (C=O) groups is 2. The Labute approximate surface area is 134 Å². The molecule has 2 fully saturated rings. The average molecular weight is 303 g/mol. The van der Waals surface area contributed by atoms with Crippen LogP contribution in [-0.4, -0.2) is 22.3 Å². The third kappa shape index (κ3) is 2.45. The van der Waals surface area contributed by atoms with E-state index in [0.717, 1.165) is 19.3 Å². The Morgan fingerprint density at radius 2 is 2.05 bits per heavy atom. The van der Waals surface area contributed by atoms with Gasteiger partial charge in [-0.2, -0.15) is 0 Å². The summed E-state index contributed by atoms with van der Waals surface area (Å²) < 4.78 is 0. The lowest BCUT2D eigenvalue weighted by Crippen LogP contribution is -2.51. The molecule has 1 saturated carbocycles. The summed E-state index contributed by atoms with van der Waals surface area (Å²) in [6.07, 6.45) is 8.41. The molecule has 2 aliphatic rings. The van der Waals surface area contributed by atoms with Crippen LogP contribution in [0.25, 0.3) is 0 Å². The highest BCUT2D eigenvalue weighted by atomic mass is 16.2. The molecule has 3 heteroatoms. The molecular formula is C19H29NO2. The van der Waals surface area contributed by atoms with Gasteiger partial charge in [-0.3, -0.25) is 14.5 Å². The number of hydrogen-bond donors (Lipinski definition) is 0. The van der Waals surface area contributed by atoms with Gasteiger partial charge in [-0.25, -0.2) is 0 Å². The summed E-state index contributed by atoms with van der Waals surface area (Å²) in [4.78, 5) is 26.7. The molecule has 2 amide bonds. The molecular weight excluding hydrogens is 274 g/mol. The largest absolute Gasteiger partial charge is 0.274 e. The van der Waals surface area contributed by atoms with Crippen molar-refractivity contribution in [2.24, 2.45) is 17.3 Å². The first-order valence-corrected chi connectivity index (χ1v) is 8.33. The molecule has 2 unspecified atom stereocenters. The zero-order valence-electron chi connectivity index (χ0n) is 14.8. The Morgan fingerprint density at radius 3 is 2.55 bits per heavy atom. The zero-order chi connectivity index (χ0) is 16.7. The Kier molecular flexibility index (Phi) is 4.38. The number of carbonyl (C=O) groups excluding carboxylic acids is 2. The molecule has 1 heterocycles. The van der Waals surface area contributed by atoms with Crippen LogP contribution >= 0.6 is 0 Å². The number of rotatable bonds is 4. The van der Waals surface area contributed by atoms with E-state index >= 15 is 0 Å². The van der Waals surface area contributed by atoms with Crippen LogP contribution in [0.4, 0.5) is 0 Å². The van der Waals surface area contributed by atoms with Crippen molar-refractivity contribution in [2.75, 3.05) is 0 Å². The normalized spacial score (nSPS) is 32.1. The van der Waals surface area contributed by atoms with Crippen molar-refractivity contribution in [2.45, 2.75) is 66.3 Å². The lowest BCUT2D eigenvalue weighted by atomic mass is 9.75. The summed E-state index contributed by atoms with van der Waals surface area (Å²) >= 11 is 0. The van der Waals surface area contributed by atoms with E-state index in [4.69, 9.17) is 0 Å². The van der Waals surface area contributed by atoms with Gasteiger partial charge in [0.25, 0.3) is 5.91 Å². The van der Waals surface area contributed by atoms with E-state index in [1.807, 2.05) is 13.0 Å². The maximum atomic E-state index is 12.6. The van der Waals surface area contributed by atoms with Gasteiger partial charge < -0.3 is 0 Å². The third-order valence-electron chi connectivity index (χ3n) is 6.12. The van der Waals surface area contributed by atoms with Crippen molar-refractivity contribution in [3.05, 3.63) is 23.8 Å². The predicted octanol–water partition coefficient (Wildman–Crippen LogP) is 4.10. The molecule has 1 aliphatic heterocycles. The lowest BCUT2D eigenvalue weighted by Gasteiger charge is -2.39.